The summed E-state index contributed by atoms with van der Waals surface area (Å²) in [5.74, 6) is 0. The summed E-state index contributed by atoms with van der Waals surface area (Å²) in [7, 11) is 0. The molecule has 3 nitrogen and oxygen atoms in total. The average Bonchev–Trinajstić information content (AvgIpc) is 2.72. The normalized spacial score (nSPS) is 11.6. The molecule has 0 unspecified atom stereocenters. The van der Waals surface area contributed by atoms with Crippen LogP contribution in [0.3, 0.4) is 0 Å². The molecule has 0 aliphatic rings. The monoisotopic (exact) mass is 262 g/mol. The Hall–Kier alpha value is -1.61. The number of carbonyl (C=O) groups excluding carboxylic acids is 1. The van der Waals surface area contributed by atoms with Crippen LogP contribution in [0.4, 0.5) is 0 Å². The third kappa shape index (κ3) is 2.46. The van der Waals surface area contributed by atoms with Gasteiger partial charge in [-0.1, -0.05) is 23.7 Å². The van der Waals surface area contributed by atoms with E-state index in [9.17, 15) is 4.79 Å². The molecule has 0 aliphatic heterocycles. The van der Waals surface area contributed by atoms with Crippen LogP contribution in [0.15, 0.2) is 30.5 Å². The lowest BCUT2D eigenvalue weighted by atomic mass is 10.1. The number of hydrogen-bond acceptors (Lipinski definition) is 2. The predicted molar refractivity (Wildman–Crippen MR) is 73.1 cm³/mol. The van der Waals surface area contributed by atoms with Gasteiger partial charge in [-0.15, -0.1) is 0 Å². The summed E-state index contributed by atoms with van der Waals surface area (Å²) in [5, 5.41) is 5.12. The van der Waals surface area contributed by atoms with Gasteiger partial charge in [0, 0.05) is 16.8 Å². The Labute approximate surface area is 111 Å². The molecule has 0 saturated heterocycles. The Kier molecular flexibility index (Phi) is 3.26. The first kappa shape index (κ1) is 12.8. The topological polar surface area (TPSA) is 34.9 Å². The van der Waals surface area contributed by atoms with Crippen LogP contribution in [0.2, 0.25) is 5.02 Å². The molecule has 4 heteroatoms. The standard InChI is InChI=1S/C14H15ClN2O/c1-14(2,3)17-8-11(9-18)13(16-17)10-5-4-6-12(15)7-10/h4-9H,1-3H3. The van der Waals surface area contributed by atoms with Crippen LogP contribution in [0.5, 0.6) is 0 Å². The second-order valence-electron chi connectivity index (χ2n) is 5.18. The molecule has 0 N–H and O–H groups in total. The van der Waals surface area contributed by atoms with Gasteiger partial charge >= 0.3 is 0 Å². The van der Waals surface area contributed by atoms with Crippen LogP contribution in [0.25, 0.3) is 11.3 Å². The van der Waals surface area contributed by atoms with E-state index in [1.807, 2.05) is 39.0 Å². The van der Waals surface area contributed by atoms with Crippen molar-refractivity contribution < 1.29 is 4.79 Å². The lowest BCUT2D eigenvalue weighted by molar-refractivity contribution is 0.112. The summed E-state index contributed by atoms with van der Waals surface area (Å²) in [5.41, 5.74) is 1.94. The van der Waals surface area contributed by atoms with Crippen molar-refractivity contribution in [2.24, 2.45) is 0 Å². The van der Waals surface area contributed by atoms with E-state index in [0.717, 1.165) is 11.8 Å². The summed E-state index contributed by atoms with van der Waals surface area (Å²) in [4.78, 5) is 11.1. The molecule has 1 heterocycles. The van der Waals surface area contributed by atoms with Gasteiger partial charge in [-0.2, -0.15) is 5.10 Å². The summed E-state index contributed by atoms with van der Waals surface area (Å²) in [6.45, 7) is 6.11. The van der Waals surface area contributed by atoms with Gasteiger partial charge < -0.3 is 0 Å². The van der Waals surface area contributed by atoms with Crippen LogP contribution in [0.1, 0.15) is 31.1 Å². The van der Waals surface area contributed by atoms with Crippen molar-refractivity contribution >= 4 is 17.9 Å². The fourth-order valence-corrected chi connectivity index (χ4v) is 1.87. The van der Waals surface area contributed by atoms with Gasteiger partial charge in [0.1, 0.15) is 5.69 Å². The highest BCUT2D eigenvalue weighted by molar-refractivity contribution is 6.30. The number of aldehydes is 1. The van der Waals surface area contributed by atoms with E-state index < -0.39 is 0 Å². The third-order valence-corrected chi connectivity index (χ3v) is 2.89. The lowest BCUT2D eigenvalue weighted by Gasteiger charge is -2.18. The number of halogens is 1. The zero-order valence-electron chi connectivity index (χ0n) is 10.6. The van der Waals surface area contributed by atoms with Gasteiger partial charge in [0.25, 0.3) is 0 Å². The molecule has 2 rings (SSSR count). The number of aromatic nitrogens is 2. The molecular formula is C14H15ClN2O. The number of carbonyl (C=O) groups is 1. The summed E-state index contributed by atoms with van der Waals surface area (Å²) >= 11 is 5.96. The van der Waals surface area contributed by atoms with Crippen molar-refractivity contribution in [3.63, 3.8) is 0 Å². The maximum Gasteiger partial charge on any atom is 0.153 e. The van der Waals surface area contributed by atoms with Gasteiger partial charge in [0.15, 0.2) is 6.29 Å². The molecule has 1 aromatic heterocycles. The van der Waals surface area contributed by atoms with Crippen molar-refractivity contribution in [2.75, 3.05) is 0 Å². The van der Waals surface area contributed by atoms with Gasteiger partial charge in [-0.05, 0) is 32.9 Å². The van der Waals surface area contributed by atoms with Crippen LogP contribution < -0.4 is 0 Å². The largest absolute Gasteiger partial charge is 0.298 e. The first-order chi connectivity index (χ1) is 8.41. The zero-order chi connectivity index (χ0) is 13.3. The Morgan fingerprint density at radius 1 is 1.33 bits per heavy atom. The van der Waals surface area contributed by atoms with Crippen molar-refractivity contribution in [2.45, 2.75) is 26.3 Å². The molecular weight excluding hydrogens is 248 g/mol. The number of rotatable bonds is 2. The van der Waals surface area contributed by atoms with Crippen LogP contribution >= 0.6 is 11.6 Å². The Bertz CT molecular complexity index is 582. The van der Waals surface area contributed by atoms with E-state index in [4.69, 9.17) is 11.6 Å². The average molecular weight is 263 g/mol. The van der Waals surface area contributed by atoms with E-state index in [1.54, 1.807) is 16.9 Å². The van der Waals surface area contributed by atoms with E-state index in [2.05, 4.69) is 5.10 Å². The van der Waals surface area contributed by atoms with Crippen molar-refractivity contribution in [1.82, 2.24) is 9.78 Å². The second-order valence-corrected chi connectivity index (χ2v) is 5.61. The Balaban J connectivity index is 2.57. The van der Waals surface area contributed by atoms with Gasteiger partial charge in [0.05, 0.1) is 11.1 Å². The Morgan fingerprint density at radius 2 is 2.06 bits per heavy atom. The molecule has 0 spiro atoms. The number of benzene rings is 1. The highest BCUT2D eigenvalue weighted by Crippen LogP contribution is 2.26. The summed E-state index contributed by atoms with van der Waals surface area (Å²) in [6.07, 6.45) is 2.59. The maximum atomic E-state index is 11.1. The minimum absolute atomic E-state index is 0.158. The fourth-order valence-electron chi connectivity index (χ4n) is 1.68. The van der Waals surface area contributed by atoms with E-state index in [0.29, 0.717) is 16.3 Å². The highest BCUT2D eigenvalue weighted by atomic mass is 35.5. The fraction of sp³-hybridized carbons (Fsp3) is 0.286. The zero-order valence-corrected chi connectivity index (χ0v) is 11.4. The lowest BCUT2D eigenvalue weighted by Crippen LogP contribution is -2.22. The first-order valence-electron chi connectivity index (χ1n) is 5.73. The highest BCUT2D eigenvalue weighted by Gasteiger charge is 2.18. The molecule has 2 aromatic rings. The van der Waals surface area contributed by atoms with Crippen LogP contribution in [0, 0.1) is 0 Å². The third-order valence-electron chi connectivity index (χ3n) is 2.65. The smallest absolute Gasteiger partial charge is 0.153 e. The van der Waals surface area contributed by atoms with Crippen molar-refractivity contribution in [3.05, 3.63) is 41.0 Å². The molecule has 0 radical (unpaired) electrons. The molecule has 94 valence electrons. The molecule has 0 aliphatic carbocycles. The van der Waals surface area contributed by atoms with Crippen molar-refractivity contribution in [1.29, 1.82) is 0 Å². The molecule has 0 fully saturated rings. The SMILES string of the molecule is CC(C)(C)n1cc(C=O)c(-c2cccc(Cl)c2)n1. The molecule has 0 atom stereocenters. The van der Waals surface area contributed by atoms with E-state index in [-0.39, 0.29) is 5.54 Å². The molecule has 1 aromatic carbocycles. The predicted octanol–water partition coefficient (Wildman–Crippen LogP) is 3.77. The maximum absolute atomic E-state index is 11.1. The van der Waals surface area contributed by atoms with Crippen LogP contribution in [-0.2, 0) is 5.54 Å². The van der Waals surface area contributed by atoms with Crippen molar-refractivity contribution in [3.8, 4) is 11.3 Å². The summed E-state index contributed by atoms with van der Waals surface area (Å²) < 4.78 is 1.80. The van der Waals surface area contributed by atoms with E-state index >= 15 is 0 Å². The first-order valence-corrected chi connectivity index (χ1v) is 6.11. The molecule has 0 bridgehead atoms. The van der Waals surface area contributed by atoms with E-state index in [1.165, 1.54) is 0 Å². The number of nitrogens with zero attached hydrogens (tertiary/aromatic N) is 2. The second kappa shape index (κ2) is 4.58. The quantitative estimate of drug-likeness (QED) is 0.772. The minimum Gasteiger partial charge on any atom is -0.298 e. The number of hydrogen-bond donors (Lipinski definition) is 0. The Morgan fingerprint density at radius 3 is 2.61 bits per heavy atom. The molecule has 18 heavy (non-hydrogen) atoms. The minimum atomic E-state index is -0.158. The molecule has 0 amide bonds. The molecule has 0 saturated carbocycles. The van der Waals surface area contributed by atoms with Gasteiger partial charge in [-0.25, -0.2) is 0 Å². The summed E-state index contributed by atoms with van der Waals surface area (Å²) in [6, 6.07) is 7.35. The van der Waals surface area contributed by atoms with Crippen LogP contribution in [-0.4, -0.2) is 16.1 Å². The van der Waals surface area contributed by atoms with Gasteiger partial charge in [-0.3, -0.25) is 9.48 Å². The van der Waals surface area contributed by atoms with Gasteiger partial charge in [0.2, 0.25) is 0 Å².